The molecular weight excluding hydrogens is 314 g/mol. The molecule has 0 aliphatic heterocycles. The number of sulfonamides is 1. The molecule has 0 aliphatic rings. The second-order valence-corrected chi connectivity index (χ2v) is 7.02. The summed E-state index contributed by atoms with van der Waals surface area (Å²) in [7, 11) is -2.65. The van der Waals surface area contributed by atoms with Crippen molar-refractivity contribution in [2.24, 2.45) is 0 Å². The molecule has 10 heteroatoms. The van der Waals surface area contributed by atoms with E-state index < -0.39 is 27.5 Å². The Balaban J connectivity index is 2.82. The van der Waals surface area contributed by atoms with Gasteiger partial charge in [0, 0.05) is 18.2 Å². The van der Waals surface area contributed by atoms with Gasteiger partial charge in [0.2, 0.25) is 10.0 Å². The van der Waals surface area contributed by atoms with E-state index in [1.54, 1.807) is 13.8 Å². The number of nitrogens with zero attached hydrogens (tertiary/aromatic N) is 2. The van der Waals surface area contributed by atoms with Crippen LogP contribution in [0, 0.1) is 0 Å². The Morgan fingerprint density at radius 1 is 1.45 bits per heavy atom. The van der Waals surface area contributed by atoms with E-state index in [1.165, 1.54) is 13.3 Å². The third-order valence-corrected chi connectivity index (χ3v) is 4.47. The number of carboxylic acid groups (broad SMARTS) is 1. The van der Waals surface area contributed by atoms with E-state index in [0.29, 0.717) is 0 Å². The van der Waals surface area contributed by atoms with E-state index >= 15 is 0 Å². The Morgan fingerprint density at radius 2 is 2.09 bits per heavy atom. The lowest BCUT2D eigenvalue weighted by molar-refractivity contribution is -0.141. The van der Waals surface area contributed by atoms with Crippen molar-refractivity contribution < 1.29 is 27.9 Å². The van der Waals surface area contributed by atoms with Crippen LogP contribution in [0.3, 0.4) is 0 Å². The molecule has 0 fully saturated rings. The highest BCUT2D eigenvalue weighted by Gasteiger charge is 2.27. The van der Waals surface area contributed by atoms with Crippen LogP contribution in [0.4, 0.5) is 0 Å². The minimum absolute atomic E-state index is 0.111. The first-order valence-electron chi connectivity index (χ1n) is 6.41. The van der Waals surface area contributed by atoms with Gasteiger partial charge in [0.1, 0.15) is 11.4 Å². The third kappa shape index (κ3) is 5.45. The second kappa shape index (κ2) is 6.88. The van der Waals surface area contributed by atoms with Gasteiger partial charge in [0.05, 0.1) is 13.3 Å². The number of ether oxygens (including phenoxy) is 1. The zero-order chi connectivity index (χ0) is 17.0. The van der Waals surface area contributed by atoms with Gasteiger partial charge in [-0.2, -0.15) is 5.10 Å². The molecule has 0 aromatic carbocycles. The van der Waals surface area contributed by atoms with Crippen molar-refractivity contribution in [2.45, 2.75) is 43.7 Å². The van der Waals surface area contributed by atoms with Crippen LogP contribution in [-0.2, 0) is 30.9 Å². The Bertz CT molecular complexity index is 650. The molecule has 0 radical (unpaired) electrons. The van der Waals surface area contributed by atoms with Crippen LogP contribution in [0.2, 0.25) is 0 Å². The first kappa shape index (κ1) is 18.1. The largest absolute Gasteiger partial charge is 0.481 e. The van der Waals surface area contributed by atoms with E-state index in [1.807, 2.05) is 0 Å². The highest BCUT2D eigenvalue weighted by molar-refractivity contribution is 7.89. The topological polar surface area (TPSA) is 128 Å². The SMILES string of the molecule is COC(=O)Cn1cc(S(=O)(=O)NC(C)(C)CCC(=O)O)cn1. The summed E-state index contributed by atoms with van der Waals surface area (Å²) < 4.78 is 32.5. The molecule has 0 saturated heterocycles. The monoisotopic (exact) mass is 333 g/mol. The van der Waals surface area contributed by atoms with Crippen molar-refractivity contribution in [1.29, 1.82) is 0 Å². The average Bonchev–Trinajstić information content (AvgIpc) is 2.84. The van der Waals surface area contributed by atoms with Crippen LogP contribution in [0.1, 0.15) is 26.7 Å². The molecule has 0 aliphatic carbocycles. The van der Waals surface area contributed by atoms with Gasteiger partial charge in [0.25, 0.3) is 0 Å². The number of hydrogen-bond acceptors (Lipinski definition) is 6. The molecule has 0 spiro atoms. The third-order valence-electron chi connectivity index (χ3n) is 2.81. The zero-order valence-electron chi connectivity index (χ0n) is 12.6. The van der Waals surface area contributed by atoms with E-state index in [9.17, 15) is 18.0 Å². The van der Waals surface area contributed by atoms with Gasteiger partial charge in [0.15, 0.2) is 0 Å². The van der Waals surface area contributed by atoms with Gasteiger partial charge >= 0.3 is 11.9 Å². The van der Waals surface area contributed by atoms with Crippen LogP contribution in [0.25, 0.3) is 0 Å². The summed E-state index contributed by atoms with van der Waals surface area (Å²) in [5, 5.41) is 12.4. The molecule has 1 rings (SSSR count). The Labute approximate surface area is 128 Å². The Hall–Kier alpha value is -1.94. The smallest absolute Gasteiger partial charge is 0.327 e. The molecule has 0 atom stereocenters. The van der Waals surface area contributed by atoms with Crippen LogP contribution in [0.5, 0.6) is 0 Å². The van der Waals surface area contributed by atoms with Crippen molar-refractivity contribution in [1.82, 2.24) is 14.5 Å². The predicted molar refractivity (Wildman–Crippen MR) is 75.5 cm³/mol. The van der Waals surface area contributed by atoms with Crippen molar-refractivity contribution in [3.63, 3.8) is 0 Å². The quantitative estimate of drug-likeness (QED) is 0.640. The highest BCUT2D eigenvalue weighted by atomic mass is 32.2. The van der Waals surface area contributed by atoms with E-state index in [0.717, 1.165) is 10.9 Å². The fraction of sp³-hybridized carbons (Fsp3) is 0.583. The minimum Gasteiger partial charge on any atom is -0.481 e. The van der Waals surface area contributed by atoms with Crippen LogP contribution in [-0.4, -0.2) is 47.9 Å². The summed E-state index contributed by atoms with van der Waals surface area (Å²) >= 11 is 0. The number of esters is 1. The lowest BCUT2D eigenvalue weighted by atomic mass is 10.0. The first-order chi connectivity index (χ1) is 10.1. The van der Waals surface area contributed by atoms with Gasteiger partial charge in [-0.15, -0.1) is 0 Å². The number of methoxy groups -OCH3 is 1. The fourth-order valence-electron chi connectivity index (χ4n) is 1.66. The van der Waals surface area contributed by atoms with Gasteiger partial charge in [-0.3, -0.25) is 14.3 Å². The maximum Gasteiger partial charge on any atom is 0.327 e. The van der Waals surface area contributed by atoms with E-state index in [4.69, 9.17) is 5.11 Å². The number of nitrogens with one attached hydrogen (secondary N) is 1. The number of carbonyl (C=O) groups excluding carboxylic acids is 1. The molecule has 9 nitrogen and oxygen atoms in total. The summed E-state index contributed by atoms with van der Waals surface area (Å²) in [6, 6.07) is 0. The van der Waals surface area contributed by atoms with Gasteiger partial charge in [-0.1, -0.05) is 0 Å². The average molecular weight is 333 g/mol. The standard InChI is InChI=1S/C12H19N3O6S/c1-12(2,5-4-10(16)17)14-22(19,20)9-6-13-15(7-9)8-11(18)21-3/h6-7,14H,4-5,8H2,1-3H3,(H,16,17). The van der Waals surface area contributed by atoms with Crippen LogP contribution in [0.15, 0.2) is 17.3 Å². The maximum atomic E-state index is 12.2. The van der Waals surface area contributed by atoms with Gasteiger partial charge < -0.3 is 9.84 Å². The molecule has 1 aromatic rings. The fourth-order valence-corrected chi connectivity index (χ4v) is 3.05. The molecule has 1 aromatic heterocycles. The summed E-state index contributed by atoms with van der Waals surface area (Å²) in [5.74, 6) is -1.56. The molecule has 1 heterocycles. The predicted octanol–water partition coefficient (Wildman–Crippen LogP) is -0.0222. The number of aliphatic carboxylic acids is 1. The molecule has 22 heavy (non-hydrogen) atoms. The lowest BCUT2D eigenvalue weighted by Gasteiger charge is -2.24. The zero-order valence-corrected chi connectivity index (χ0v) is 13.4. The summed E-state index contributed by atoms with van der Waals surface area (Å²) in [6.45, 7) is 2.98. The summed E-state index contributed by atoms with van der Waals surface area (Å²) in [6.07, 6.45) is 2.29. The van der Waals surface area contributed by atoms with E-state index in [-0.39, 0.29) is 24.3 Å². The highest BCUT2D eigenvalue weighted by Crippen LogP contribution is 2.17. The van der Waals surface area contributed by atoms with Crippen molar-refractivity contribution >= 4 is 22.0 Å². The number of aromatic nitrogens is 2. The van der Waals surface area contributed by atoms with Crippen LogP contribution < -0.4 is 4.72 Å². The lowest BCUT2D eigenvalue weighted by Crippen LogP contribution is -2.43. The number of carbonyl (C=O) groups is 2. The number of carboxylic acids is 1. The Morgan fingerprint density at radius 3 is 2.64 bits per heavy atom. The normalized spacial score (nSPS) is 12.1. The molecular formula is C12H19N3O6S. The van der Waals surface area contributed by atoms with E-state index in [2.05, 4.69) is 14.6 Å². The van der Waals surface area contributed by atoms with Gasteiger partial charge in [-0.25, -0.2) is 13.1 Å². The second-order valence-electron chi connectivity index (χ2n) is 5.33. The van der Waals surface area contributed by atoms with Gasteiger partial charge in [-0.05, 0) is 20.3 Å². The molecule has 2 N–H and O–H groups in total. The molecule has 0 unspecified atom stereocenters. The summed E-state index contributed by atoms with van der Waals surface area (Å²) in [4.78, 5) is 21.6. The number of hydrogen-bond donors (Lipinski definition) is 2. The molecule has 0 amide bonds. The van der Waals surface area contributed by atoms with Crippen molar-refractivity contribution in [3.8, 4) is 0 Å². The first-order valence-corrected chi connectivity index (χ1v) is 7.89. The Kier molecular flexibility index (Phi) is 5.66. The molecule has 0 bridgehead atoms. The summed E-state index contributed by atoms with van der Waals surface area (Å²) in [5.41, 5.74) is -0.929. The number of rotatable bonds is 8. The van der Waals surface area contributed by atoms with Crippen LogP contribution >= 0.6 is 0 Å². The van der Waals surface area contributed by atoms with Crippen molar-refractivity contribution in [2.75, 3.05) is 7.11 Å². The minimum atomic E-state index is -3.87. The maximum absolute atomic E-state index is 12.2. The molecule has 0 saturated carbocycles. The molecule has 124 valence electrons. The van der Waals surface area contributed by atoms with Crippen molar-refractivity contribution in [3.05, 3.63) is 12.4 Å².